The maximum atomic E-state index is 12.4. The summed E-state index contributed by atoms with van der Waals surface area (Å²) in [5.74, 6) is 0.147. The molecule has 26 heavy (non-hydrogen) atoms. The summed E-state index contributed by atoms with van der Waals surface area (Å²) in [6.07, 6.45) is -0.436. The predicted molar refractivity (Wildman–Crippen MR) is 95.6 cm³/mol. The summed E-state index contributed by atoms with van der Waals surface area (Å²) >= 11 is 0. The zero-order chi connectivity index (χ0) is 19.5. The maximum Gasteiger partial charge on any atom is 0.410 e. The van der Waals surface area contributed by atoms with Gasteiger partial charge in [0.1, 0.15) is 5.60 Å². The molecule has 0 N–H and O–H groups in total. The molecule has 1 amide bonds. The predicted octanol–water partition coefficient (Wildman–Crippen LogP) is 2.83. The zero-order valence-corrected chi connectivity index (χ0v) is 16.2. The van der Waals surface area contributed by atoms with Crippen molar-refractivity contribution >= 4 is 12.1 Å². The van der Waals surface area contributed by atoms with Gasteiger partial charge in [-0.2, -0.15) is 0 Å². The van der Waals surface area contributed by atoms with Gasteiger partial charge in [0.25, 0.3) is 0 Å². The Hall–Kier alpha value is -2.44. The van der Waals surface area contributed by atoms with Crippen LogP contribution in [0.5, 0.6) is 11.5 Å². The Morgan fingerprint density at radius 1 is 1.04 bits per heavy atom. The molecule has 0 bridgehead atoms. The molecule has 0 saturated carbocycles. The van der Waals surface area contributed by atoms with E-state index >= 15 is 0 Å². The molecule has 1 saturated heterocycles. The molecule has 0 spiro atoms. The van der Waals surface area contributed by atoms with Crippen LogP contribution >= 0.6 is 0 Å². The lowest BCUT2D eigenvalue weighted by Gasteiger charge is -2.24. The van der Waals surface area contributed by atoms with Crippen molar-refractivity contribution in [1.82, 2.24) is 4.90 Å². The standard InChI is InChI=1S/C19H27NO6/c1-19(2,3)26-18(22)20-10-13(14(11-20)17(21)25-6)12-7-8-15(23-4)16(9-12)24-5/h7-9,13-14H,10-11H2,1-6H3. The molecule has 2 unspecified atom stereocenters. The summed E-state index contributed by atoms with van der Waals surface area (Å²) in [5, 5.41) is 0. The van der Waals surface area contributed by atoms with Gasteiger partial charge >= 0.3 is 12.1 Å². The van der Waals surface area contributed by atoms with Gasteiger partial charge in [0, 0.05) is 19.0 Å². The van der Waals surface area contributed by atoms with E-state index in [4.69, 9.17) is 18.9 Å². The minimum atomic E-state index is -0.598. The molecule has 1 aliphatic rings. The van der Waals surface area contributed by atoms with Crippen LogP contribution in [0, 0.1) is 5.92 Å². The Labute approximate surface area is 154 Å². The molecule has 1 fully saturated rings. The highest BCUT2D eigenvalue weighted by Gasteiger charge is 2.42. The molecule has 1 heterocycles. The number of ether oxygens (including phenoxy) is 4. The van der Waals surface area contributed by atoms with E-state index in [-0.39, 0.29) is 18.4 Å². The first kappa shape index (κ1) is 19.9. The van der Waals surface area contributed by atoms with Crippen molar-refractivity contribution in [3.63, 3.8) is 0 Å². The molecule has 0 aromatic heterocycles. The summed E-state index contributed by atoms with van der Waals surface area (Å²) in [6, 6.07) is 5.50. The minimum Gasteiger partial charge on any atom is -0.493 e. The second-order valence-electron chi connectivity index (χ2n) is 7.24. The topological polar surface area (TPSA) is 74.3 Å². The highest BCUT2D eigenvalue weighted by molar-refractivity contribution is 5.77. The van der Waals surface area contributed by atoms with Gasteiger partial charge in [0.15, 0.2) is 11.5 Å². The Balaban J connectivity index is 2.30. The average Bonchev–Trinajstić information content (AvgIpc) is 3.04. The fourth-order valence-electron chi connectivity index (χ4n) is 3.09. The van der Waals surface area contributed by atoms with Crippen LogP contribution in [0.1, 0.15) is 32.3 Å². The summed E-state index contributed by atoms with van der Waals surface area (Å²) in [6.45, 7) is 6.05. The van der Waals surface area contributed by atoms with Crippen molar-refractivity contribution < 1.29 is 28.5 Å². The van der Waals surface area contributed by atoms with Gasteiger partial charge in [0.05, 0.1) is 27.2 Å². The van der Waals surface area contributed by atoms with Crippen molar-refractivity contribution in [3.8, 4) is 11.5 Å². The van der Waals surface area contributed by atoms with E-state index in [2.05, 4.69) is 0 Å². The fourth-order valence-corrected chi connectivity index (χ4v) is 3.09. The average molecular weight is 365 g/mol. The number of esters is 1. The van der Waals surface area contributed by atoms with E-state index in [1.165, 1.54) is 7.11 Å². The van der Waals surface area contributed by atoms with Crippen LogP contribution in [0.4, 0.5) is 4.79 Å². The van der Waals surface area contributed by atoms with Gasteiger partial charge in [-0.1, -0.05) is 6.07 Å². The van der Waals surface area contributed by atoms with Crippen LogP contribution in [0.2, 0.25) is 0 Å². The van der Waals surface area contributed by atoms with E-state index < -0.39 is 17.6 Å². The first-order chi connectivity index (χ1) is 12.2. The van der Waals surface area contributed by atoms with Crippen LogP contribution in [0.3, 0.4) is 0 Å². The molecule has 2 rings (SSSR count). The SMILES string of the molecule is COC(=O)C1CN(C(=O)OC(C)(C)C)CC1c1ccc(OC)c(OC)c1. The van der Waals surface area contributed by atoms with Crippen molar-refractivity contribution in [2.75, 3.05) is 34.4 Å². The smallest absolute Gasteiger partial charge is 0.410 e. The summed E-state index contributed by atoms with van der Waals surface area (Å²) < 4.78 is 21.0. The van der Waals surface area contributed by atoms with Gasteiger partial charge in [0.2, 0.25) is 0 Å². The van der Waals surface area contributed by atoms with Gasteiger partial charge in [-0.25, -0.2) is 4.79 Å². The summed E-state index contributed by atoms with van der Waals surface area (Å²) in [7, 11) is 4.47. The van der Waals surface area contributed by atoms with Crippen LogP contribution in [0.25, 0.3) is 0 Å². The number of likely N-dealkylation sites (tertiary alicyclic amines) is 1. The van der Waals surface area contributed by atoms with E-state index in [0.29, 0.717) is 18.0 Å². The van der Waals surface area contributed by atoms with Gasteiger partial charge < -0.3 is 23.8 Å². The third kappa shape index (κ3) is 4.39. The minimum absolute atomic E-state index is 0.213. The Kier molecular flexibility index (Phi) is 6.00. The van der Waals surface area contributed by atoms with Crippen molar-refractivity contribution in [2.24, 2.45) is 5.92 Å². The van der Waals surface area contributed by atoms with E-state index in [1.54, 1.807) is 25.2 Å². The van der Waals surface area contributed by atoms with Gasteiger partial charge in [-0.15, -0.1) is 0 Å². The summed E-state index contributed by atoms with van der Waals surface area (Å²) in [5.41, 5.74) is 0.281. The first-order valence-electron chi connectivity index (χ1n) is 8.47. The molecule has 0 radical (unpaired) electrons. The van der Waals surface area contributed by atoms with Crippen LogP contribution < -0.4 is 9.47 Å². The van der Waals surface area contributed by atoms with E-state index in [0.717, 1.165) is 5.56 Å². The molecule has 7 heteroatoms. The lowest BCUT2D eigenvalue weighted by Crippen LogP contribution is -2.36. The largest absolute Gasteiger partial charge is 0.493 e. The second kappa shape index (κ2) is 7.85. The van der Waals surface area contributed by atoms with E-state index in [9.17, 15) is 9.59 Å². The third-order valence-electron chi connectivity index (χ3n) is 4.31. The molecule has 0 aliphatic carbocycles. The number of carbonyl (C=O) groups excluding carboxylic acids is 2. The van der Waals surface area contributed by atoms with E-state index in [1.807, 2.05) is 32.9 Å². The normalized spacial score (nSPS) is 19.8. The number of hydrogen-bond acceptors (Lipinski definition) is 6. The van der Waals surface area contributed by atoms with Crippen molar-refractivity contribution in [1.29, 1.82) is 0 Å². The number of nitrogens with zero attached hydrogens (tertiary/aromatic N) is 1. The second-order valence-corrected chi connectivity index (χ2v) is 7.24. The number of rotatable bonds is 4. The van der Waals surface area contributed by atoms with Crippen LogP contribution in [0.15, 0.2) is 18.2 Å². The highest BCUT2D eigenvalue weighted by Crippen LogP contribution is 2.38. The Morgan fingerprint density at radius 3 is 2.23 bits per heavy atom. The van der Waals surface area contributed by atoms with Gasteiger partial charge in [-0.3, -0.25) is 4.79 Å². The zero-order valence-electron chi connectivity index (χ0n) is 16.2. The number of carbonyl (C=O) groups is 2. The molecule has 1 aliphatic heterocycles. The number of benzene rings is 1. The Morgan fingerprint density at radius 2 is 1.69 bits per heavy atom. The summed E-state index contributed by atoms with van der Waals surface area (Å²) in [4.78, 5) is 26.2. The lowest BCUT2D eigenvalue weighted by molar-refractivity contribution is -0.145. The molecular weight excluding hydrogens is 338 g/mol. The molecule has 1 aromatic rings. The first-order valence-corrected chi connectivity index (χ1v) is 8.47. The molecule has 144 valence electrons. The molecular formula is C19H27NO6. The molecule has 1 aromatic carbocycles. The monoisotopic (exact) mass is 365 g/mol. The Bertz CT molecular complexity index is 666. The number of amides is 1. The van der Waals surface area contributed by atoms with Crippen LogP contribution in [-0.2, 0) is 14.3 Å². The maximum absolute atomic E-state index is 12.4. The number of methoxy groups -OCH3 is 3. The number of hydrogen-bond donors (Lipinski definition) is 0. The van der Waals surface area contributed by atoms with Gasteiger partial charge in [-0.05, 0) is 38.5 Å². The van der Waals surface area contributed by atoms with Crippen molar-refractivity contribution in [2.45, 2.75) is 32.3 Å². The lowest BCUT2D eigenvalue weighted by atomic mass is 9.89. The van der Waals surface area contributed by atoms with Crippen LogP contribution in [-0.4, -0.2) is 57.0 Å². The third-order valence-corrected chi connectivity index (χ3v) is 4.31. The fraction of sp³-hybridized carbons (Fsp3) is 0.579. The van der Waals surface area contributed by atoms with Crippen molar-refractivity contribution in [3.05, 3.63) is 23.8 Å². The molecule has 2 atom stereocenters. The highest BCUT2D eigenvalue weighted by atomic mass is 16.6. The molecule has 7 nitrogen and oxygen atoms in total. The quantitative estimate of drug-likeness (QED) is 0.764.